The van der Waals surface area contributed by atoms with Crippen LogP contribution in [0.25, 0.3) is 33.5 Å². The molecule has 0 aliphatic carbocycles. The molecule has 5 aromatic rings. The van der Waals surface area contributed by atoms with Gasteiger partial charge in [0, 0.05) is 26.6 Å². The molecule has 0 unspecified atom stereocenters. The third kappa shape index (κ3) is 3.65. The van der Waals surface area contributed by atoms with Crippen molar-refractivity contribution in [2.24, 2.45) is 5.10 Å². The van der Waals surface area contributed by atoms with Crippen molar-refractivity contribution in [3.63, 3.8) is 0 Å². The molecule has 39 heavy (non-hydrogen) atoms. The summed E-state index contributed by atoms with van der Waals surface area (Å²) in [5, 5.41) is 6.16. The first kappa shape index (κ1) is 23.9. The molecule has 0 N–H and O–H groups in total. The van der Waals surface area contributed by atoms with Gasteiger partial charge >= 0.3 is 6.85 Å². The molecule has 0 amide bonds. The van der Waals surface area contributed by atoms with E-state index in [9.17, 15) is 0 Å². The smallest absolute Gasteiger partial charge is 0.324 e. The molecule has 3 aliphatic rings. The Hall–Kier alpha value is -4.17. The third-order valence-electron chi connectivity index (χ3n) is 7.53. The number of rotatable bonds is 2. The Kier molecular flexibility index (Phi) is 5.66. The fourth-order valence-electron chi connectivity index (χ4n) is 5.87. The fraction of sp³-hybridized carbons (Fsp3) is 0.0312. The Morgan fingerprint density at radius 3 is 2.05 bits per heavy atom. The van der Waals surface area contributed by atoms with Crippen LogP contribution in [-0.4, -0.2) is 30.2 Å². The standard InChI is InChI=1S/C32H21BN5.Pd/c1-36-21-37(20-35-36)23-14-16-27-25-9-3-5-11-29(25)33-28-10-4-2-8-24(28)26-15-13-22(30-12-6-7-17-34-30)18-31(26)38(33)32(27)19-23;/h2-17,20-21H,1H3;/q-3;. The number of hydrazone groups is 1. The van der Waals surface area contributed by atoms with Gasteiger partial charge < -0.3 is 19.7 Å². The molecule has 0 radical (unpaired) electrons. The van der Waals surface area contributed by atoms with E-state index in [4.69, 9.17) is 0 Å². The van der Waals surface area contributed by atoms with Crippen LogP contribution in [0.2, 0.25) is 0 Å². The van der Waals surface area contributed by atoms with Gasteiger partial charge in [-0.25, -0.2) is 5.10 Å². The maximum absolute atomic E-state index is 4.61. The number of anilines is 3. The number of hydrogen-bond acceptors (Lipinski definition) is 5. The summed E-state index contributed by atoms with van der Waals surface area (Å²) >= 11 is 0. The van der Waals surface area contributed by atoms with Gasteiger partial charge in [0.1, 0.15) is 0 Å². The first-order valence-electron chi connectivity index (χ1n) is 12.7. The third-order valence-corrected chi connectivity index (χ3v) is 7.53. The van der Waals surface area contributed by atoms with Crippen molar-refractivity contribution in [2.45, 2.75) is 0 Å². The van der Waals surface area contributed by atoms with E-state index in [1.165, 1.54) is 22.1 Å². The predicted octanol–water partition coefficient (Wildman–Crippen LogP) is 5.07. The van der Waals surface area contributed by atoms with Gasteiger partial charge in [0.15, 0.2) is 0 Å². The van der Waals surface area contributed by atoms with E-state index in [2.05, 4.69) is 99.8 Å². The average Bonchev–Trinajstić information content (AvgIpc) is 3.43. The molecule has 0 saturated carbocycles. The topological polar surface area (TPSA) is 35.0 Å². The summed E-state index contributed by atoms with van der Waals surface area (Å²) in [5.41, 5.74) is 12.3. The zero-order valence-corrected chi connectivity index (χ0v) is 22.6. The zero-order valence-electron chi connectivity index (χ0n) is 21.0. The van der Waals surface area contributed by atoms with Gasteiger partial charge in [-0.05, 0) is 18.8 Å². The minimum Gasteiger partial charge on any atom is -0.483 e. The van der Waals surface area contributed by atoms with Gasteiger partial charge in [-0.3, -0.25) is 0 Å². The molecule has 190 valence electrons. The van der Waals surface area contributed by atoms with Crippen molar-refractivity contribution < 1.29 is 20.4 Å². The van der Waals surface area contributed by atoms with E-state index in [1.54, 1.807) is 5.01 Å². The Balaban J connectivity index is 0.00000253. The zero-order chi connectivity index (χ0) is 25.2. The van der Waals surface area contributed by atoms with Gasteiger partial charge in [0.2, 0.25) is 0 Å². The van der Waals surface area contributed by atoms with Crippen LogP contribution in [0.3, 0.4) is 0 Å². The van der Waals surface area contributed by atoms with Crippen molar-refractivity contribution >= 4 is 41.2 Å². The van der Waals surface area contributed by atoms with E-state index in [-0.39, 0.29) is 27.3 Å². The summed E-state index contributed by atoms with van der Waals surface area (Å²) in [5.74, 6) is 0. The van der Waals surface area contributed by atoms with Gasteiger partial charge in [0.05, 0.1) is 6.34 Å². The Morgan fingerprint density at radius 2 is 1.38 bits per heavy atom. The number of aromatic nitrogens is 1. The van der Waals surface area contributed by atoms with Gasteiger partial charge in [-0.1, -0.05) is 99.7 Å². The molecule has 1 aromatic heterocycles. The number of nitrogens with zero attached hydrogens (tertiary/aromatic N) is 5. The van der Waals surface area contributed by atoms with E-state index < -0.39 is 0 Å². The van der Waals surface area contributed by atoms with Crippen molar-refractivity contribution in [3.8, 4) is 33.5 Å². The second kappa shape index (κ2) is 9.24. The summed E-state index contributed by atoms with van der Waals surface area (Å²) in [4.78, 5) is 9.03. The number of benzene rings is 4. The molecule has 7 heteroatoms. The van der Waals surface area contributed by atoms with Gasteiger partial charge in [-0.2, -0.15) is 6.07 Å². The molecule has 0 bridgehead atoms. The van der Waals surface area contributed by atoms with Crippen LogP contribution in [0.1, 0.15) is 0 Å². The monoisotopic (exact) mass is 592 g/mol. The van der Waals surface area contributed by atoms with Crippen LogP contribution in [0, 0.1) is 18.8 Å². The van der Waals surface area contributed by atoms with Crippen LogP contribution < -0.4 is 20.6 Å². The van der Waals surface area contributed by atoms with Crippen molar-refractivity contribution in [1.82, 2.24) is 9.99 Å². The van der Waals surface area contributed by atoms with E-state index in [0.29, 0.717) is 0 Å². The molecule has 0 spiro atoms. The summed E-state index contributed by atoms with van der Waals surface area (Å²) < 4.78 is 0. The Morgan fingerprint density at radius 1 is 0.718 bits per heavy atom. The molecular formula is C32H21BN5Pd-3. The molecule has 0 fully saturated rings. The SMILES string of the molecule is CN1[CH-]N(c2[c-]c3c(cc2)-c2ccccc2B2c4ccccc4-c4ccc(-c5ccccn5)[c-]c4N23)C=N1.[Pd]. The fourth-order valence-corrected chi connectivity index (χ4v) is 5.87. The quantitative estimate of drug-likeness (QED) is 0.212. The van der Waals surface area contributed by atoms with Crippen LogP contribution >= 0.6 is 0 Å². The van der Waals surface area contributed by atoms with Crippen LogP contribution in [-0.2, 0) is 20.4 Å². The second-order valence-electron chi connectivity index (χ2n) is 9.73. The van der Waals surface area contributed by atoms with E-state index >= 15 is 0 Å². The normalized spacial score (nSPS) is 14.2. The molecule has 3 aliphatic heterocycles. The van der Waals surface area contributed by atoms with Crippen LogP contribution in [0.15, 0.2) is 102 Å². The number of hydrogen-bond donors (Lipinski definition) is 0. The largest absolute Gasteiger partial charge is 0.483 e. The number of pyridine rings is 1. The molecule has 5 nitrogen and oxygen atoms in total. The van der Waals surface area contributed by atoms with Gasteiger partial charge in [-0.15, -0.1) is 53.8 Å². The molecule has 0 atom stereocenters. The molecule has 0 saturated heterocycles. The van der Waals surface area contributed by atoms with Crippen molar-refractivity contribution in [1.29, 1.82) is 0 Å². The second-order valence-corrected chi connectivity index (χ2v) is 9.73. The molecule has 4 aromatic carbocycles. The first-order chi connectivity index (χ1) is 18.8. The summed E-state index contributed by atoms with van der Waals surface area (Å²) in [7, 11) is 1.92. The maximum Gasteiger partial charge on any atom is 0.324 e. The average molecular weight is 593 g/mol. The van der Waals surface area contributed by atoms with Crippen molar-refractivity contribution in [2.75, 3.05) is 16.8 Å². The molecule has 8 rings (SSSR count). The summed E-state index contributed by atoms with van der Waals surface area (Å²) in [6.45, 7) is 1.96. The summed E-state index contributed by atoms with van der Waals surface area (Å²) in [6.07, 6.45) is 3.65. The molecule has 4 heterocycles. The minimum absolute atomic E-state index is 0. The van der Waals surface area contributed by atoms with Gasteiger partial charge in [0.25, 0.3) is 0 Å². The first-order valence-corrected chi connectivity index (χ1v) is 12.7. The predicted molar refractivity (Wildman–Crippen MR) is 155 cm³/mol. The molecular weight excluding hydrogens is 572 g/mol. The summed E-state index contributed by atoms with van der Waals surface area (Å²) in [6, 6.07) is 39.7. The Labute approximate surface area is 242 Å². The maximum atomic E-state index is 4.61. The van der Waals surface area contributed by atoms with E-state index in [0.717, 1.165) is 39.4 Å². The minimum atomic E-state index is 0. The van der Waals surface area contributed by atoms with Crippen LogP contribution in [0.4, 0.5) is 17.1 Å². The van der Waals surface area contributed by atoms with E-state index in [1.807, 2.05) is 49.4 Å². The van der Waals surface area contributed by atoms with Crippen molar-refractivity contribution in [3.05, 3.63) is 116 Å². The number of fused-ring (bicyclic) bond motifs is 11. The van der Waals surface area contributed by atoms with Crippen LogP contribution in [0.5, 0.6) is 0 Å². The Bertz CT molecular complexity index is 1760.